The predicted molar refractivity (Wildman–Crippen MR) is 58.7 cm³/mol. The van der Waals surface area contributed by atoms with E-state index in [1.165, 1.54) is 0 Å². The maximum atomic E-state index is 10.5. The van der Waals surface area contributed by atoms with E-state index in [9.17, 15) is 4.79 Å². The highest BCUT2D eigenvalue weighted by Crippen LogP contribution is 2.17. The lowest BCUT2D eigenvalue weighted by Gasteiger charge is -1.94. The lowest BCUT2D eigenvalue weighted by molar-refractivity contribution is -0.136. The standard InChI is InChI=1S/C9H7BrN4O2/c10-6-1-5(3-11-4-6)9-12-7(13-14-9)2-8(15)16/h1,3-4H,2H2,(H,15,16)(H,12,13,14). The van der Waals surface area contributed by atoms with Crippen molar-refractivity contribution in [2.75, 3.05) is 0 Å². The number of carboxylic acid groups (broad SMARTS) is 1. The molecule has 0 spiro atoms. The summed E-state index contributed by atoms with van der Waals surface area (Å²) in [5, 5.41) is 15.1. The molecule has 16 heavy (non-hydrogen) atoms. The van der Waals surface area contributed by atoms with Gasteiger partial charge < -0.3 is 5.11 Å². The molecule has 0 aliphatic carbocycles. The Labute approximate surface area is 98.9 Å². The molecular formula is C9H7BrN4O2. The number of aliphatic carboxylic acids is 1. The molecule has 0 fully saturated rings. The Hall–Kier alpha value is -1.76. The van der Waals surface area contributed by atoms with Crippen LogP contribution in [0.5, 0.6) is 0 Å². The molecule has 0 aliphatic heterocycles. The molecule has 0 unspecified atom stereocenters. The van der Waals surface area contributed by atoms with Crippen LogP contribution in [0.15, 0.2) is 22.9 Å². The van der Waals surface area contributed by atoms with E-state index in [4.69, 9.17) is 5.11 Å². The Balaban J connectivity index is 2.28. The predicted octanol–water partition coefficient (Wildman–Crippen LogP) is 1.26. The van der Waals surface area contributed by atoms with Crippen LogP contribution in [0.3, 0.4) is 0 Å². The van der Waals surface area contributed by atoms with Gasteiger partial charge in [0.1, 0.15) is 12.2 Å². The van der Waals surface area contributed by atoms with Crippen LogP contribution in [0, 0.1) is 0 Å². The van der Waals surface area contributed by atoms with Crippen molar-refractivity contribution in [2.45, 2.75) is 6.42 Å². The Morgan fingerprint density at radius 2 is 2.31 bits per heavy atom. The minimum Gasteiger partial charge on any atom is -0.481 e. The highest BCUT2D eigenvalue weighted by atomic mass is 79.9. The molecule has 2 aromatic rings. The van der Waals surface area contributed by atoms with E-state index in [0.29, 0.717) is 11.6 Å². The van der Waals surface area contributed by atoms with Gasteiger partial charge >= 0.3 is 5.97 Å². The Morgan fingerprint density at radius 1 is 1.50 bits per heavy atom. The normalized spacial score (nSPS) is 10.3. The third kappa shape index (κ3) is 2.43. The van der Waals surface area contributed by atoms with Crippen LogP contribution in [0.1, 0.15) is 5.82 Å². The number of pyridine rings is 1. The van der Waals surface area contributed by atoms with Gasteiger partial charge in [0.2, 0.25) is 0 Å². The number of carboxylic acids is 1. The summed E-state index contributed by atoms with van der Waals surface area (Å²) in [4.78, 5) is 18.5. The van der Waals surface area contributed by atoms with E-state index in [2.05, 4.69) is 36.1 Å². The fraction of sp³-hybridized carbons (Fsp3) is 0.111. The third-order valence-corrected chi connectivity index (χ3v) is 2.25. The Bertz CT molecular complexity index is 526. The Morgan fingerprint density at radius 3 is 3.00 bits per heavy atom. The van der Waals surface area contributed by atoms with E-state index < -0.39 is 5.97 Å². The second kappa shape index (κ2) is 4.40. The van der Waals surface area contributed by atoms with Gasteiger partial charge in [-0.2, -0.15) is 5.10 Å². The maximum Gasteiger partial charge on any atom is 0.311 e. The zero-order chi connectivity index (χ0) is 11.5. The number of hydrogen-bond donors (Lipinski definition) is 2. The van der Waals surface area contributed by atoms with Gasteiger partial charge in [0.15, 0.2) is 5.82 Å². The molecule has 7 heteroatoms. The summed E-state index contributed by atoms with van der Waals surface area (Å²) in [5.41, 5.74) is 0.724. The maximum absolute atomic E-state index is 10.5. The van der Waals surface area contributed by atoms with Crippen molar-refractivity contribution in [1.29, 1.82) is 0 Å². The first kappa shape index (κ1) is 10.7. The largest absolute Gasteiger partial charge is 0.481 e. The Kier molecular flexibility index (Phi) is 2.95. The first-order valence-electron chi connectivity index (χ1n) is 4.39. The van der Waals surface area contributed by atoms with Crippen LogP contribution >= 0.6 is 15.9 Å². The van der Waals surface area contributed by atoms with Crippen LogP contribution in [-0.2, 0) is 11.2 Å². The minimum absolute atomic E-state index is 0.172. The van der Waals surface area contributed by atoms with Gasteiger partial charge in [-0.3, -0.25) is 14.9 Å². The molecule has 2 heterocycles. The van der Waals surface area contributed by atoms with Crippen molar-refractivity contribution in [3.05, 3.63) is 28.8 Å². The van der Waals surface area contributed by atoms with Gasteiger partial charge in [0, 0.05) is 22.4 Å². The van der Waals surface area contributed by atoms with Crippen molar-refractivity contribution in [1.82, 2.24) is 20.2 Å². The molecule has 0 aromatic carbocycles. The summed E-state index contributed by atoms with van der Waals surface area (Å²) in [6, 6.07) is 1.81. The molecule has 0 atom stereocenters. The number of H-pyrrole nitrogens is 1. The van der Waals surface area contributed by atoms with Gasteiger partial charge in [0.05, 0.1) is 0 Å². The van der Waals surface area contributed by atoms with Crippen molar-refractivity contribution in [2.24, 2.45) is 0 Å². The number of carbonyl (C=O) groups is 1. The van der Waals surface area contributed by atoms with Crippen LogP contribution < -0.4 is 0 Å². The van der Waals surface area contributed by atoms with E-state index in [0.717, 1.165) is 10.0 Å². The molecule has 0 amide bonds. The number of nitrogens with zero attached hydrogens (tertiary/aromatic N) is 3. The fourth-order valence-corrected chi connectivity index (χ4v) is 1.55. The molecule has 0 saturated heterocycles. The van der Waals surface area contributed by atoms with Gasteiger partial charge in [0.25, 0.3) is 0 Å². The van der Waals surface area contributed by atoms with Gasteiger partial charge in [-0.15, -0.1) is 0 Å². The minimum atomic E-state index is -0.949. The highest BCUT2D eigenvalue weighted by Gasteiger charge is 2.09. The van der Waals surface area contributed by atoms with Crippen LogP contribution in [0.25, 0.3) is 11.4 Å². The molecule has 0 radical (unpaired) electrons. The molecule has 0 saturated carbocycles. The van der Waals surface area contributed by atoms with E-state index in [1.54, 1.807) is 18.5 Å². The summed E-state index contributed by atoms with van der Waals surface area (Å²) in [6.07, 6.45) is 3.08. The van der Waals surface area contributed by atoms with Gasteiger partial charge in [-0.05, 0) is 22.0 Å². The number of halogens is 1. The summed E-state index contributed by atoms with van der Waals surface area (Å²) in [5.74, 6) is -0.192. The number of nitrogens with one attached hydrogen (secondary N) is 1. The first-order valence-corrected chi connectivity index (χ1v) is 5.18. The monoisotopic (exact) mass is 282 g/mol. The zero-order valence-corrected chi connectivity index (χ0v) is 9.60. The molecule has 6 nitrogen and oxygen atoms in total. The van der Waals surface area contributed by atoms with Crippen LogP contribution in [0.2, 0.25) is 0 Å². The van der Waals surface area contributed by atoms with Gasteiger partial charge in [-0.1, -0.05) is 0 Å². The number of hydrogen-bond acceptors (Lipinski definition) is 4. The van der Waals surface area contributed by atoms with Crippen LogP contribution in [0.4, 0.5) is 0 Å². The van der Waals surface area contributed by atoms with Crippen LogP contribution in [-0.4, -0.2) is 31.2 Å². The average Bonchev–Trinajstić information content (AvgIpc) is 2.65. The molecule has 0 bridgehead atoms. The quantitative estimate of drug-likeness (QED) is 0.884. The smallest absolute Gasteiger partial charge is 0.311 e. The number of aromatic amines is 1. The van der Waals surface area contributed by atoms with Crippen molar-refractivity contribution < 1.29 is 9.90 Å². The summed E-state index contributed by atoms with van der Waals surface area (Å²) >= 11 is 3.28. The highest BCUT2D eigenvalue weighted by molar-refractivity contribution is 9.10. The second-order valence-electron chi connectivity index (χ2n) is 3.07. The number of aromatic nitrogens is 4. The molecule has 2 rings (SSSR count). The van der Waals surface area contributed by atoms with Crippen molar-refractivity contribution in [3.63, 3.8) is 0 Å². The molecule has 82 valence electrons. The molecule has 2 aromatic heterocycles. The van der Waals surface area contributed by atoms with Crippen molar-refractivity contribution in [3.8, 4) is 11.4 Å². The topological polar surface area (TPSA) is 91.8 Å². The molecule has 2 N–H and O–H groups in total. The zero-order valence-electron chi connectivity index (χ0n) is 8.01. The molecular weight excluding hydrogens is 276 g/mol. The summed E-state index contributed by atoms with van der Waals surface area (Å²) in [7, 11) is 0. The van der Waals surface area contributed by atoms with E-state index >= 15 is 0 Å². The summed E-state index contributed by atoms with van der Waals surface area (Å²) in [6.45, 7) is 0. The van der Waals surface area contributed by atoms with Crippen molar-refractivity contribution >= 4 is 21.9 Å². The second-order valence-corrected chi connectivity index (χ2v) is 3.98. The third-order valence-electron chi connectivity index (χ3n) is 1.81. The lowest BCUT2D eigenvalue weighted by atomic mass is 10.3. The first-order chi connectivity index (χ1) is 7.65. The molecule has 0 aliphatic rings. The van der Waals surface area contributed by atoms with E-state index in [-0.39, 0.29) is 6.42 Å². The average molecular weight is 283 g/mol. The summed E-state index contributed by atoms with van der Waals surface area (Å²) < 4.78 is 0.814. The number of rotatable bonds is 3. The lowest BCUT2D eigenvalue weighted by Crippen LogP contribution is -2.01. The fourth-order valence-electron chi connectivity index (χ4n) is 1.18. The SMILES string of the molecule is O=C(O)Cc1nc(-c2cncc(Br)c2)n[nH]1. The van der Waals surface area contributed by atoms with Gasteiger partial charge in [-0.25, -0.2) is 4.98 Å². The van der Waals surface area contributed by atoms with E-state index in [1.807, 2.05) is 0 Å².